The molecule has 1 unspecified atom stereocenters. The molecule has 1 amide bonds. The van der Waals surface area contributed by atoms with Gasteiger partial charge in [0.15, 0.2) is 9.84 Å². The highest BCUT2D eigenvalue weighted by Crippen LogP contribution is 2.21. The smallest absolute Gasteiger partial charge is 0.410 e. The number of hydrogen-bond donors (Lipinski definition) is 0. The van der Waals surface area contributed by atoms with Crippen LogP contribution in [0.1, 0.15) is 39.3 Å². The Morgan fingerprint density at radius 1 is 1.38 bits per heavy atom. The second-order valence-corrected chi connectivity index (χ2v) is 9.42. The molecule has 1 aromatic rings. The molecule has 24 heavy (non-hydrogen) atoms. The average Bonchev–Trinajstić information content (AvgIpc) is 2.45. The lowest BCUT2D eigenvalue weighted by atomic mass is 10.0. The zero-order chi connectivity index (χ0) is 17.8. The number of nitrogens with zero attached hydrogens (tertiary/aromatic N) is 2. The van der Waals surface area contributed by atoms with Gasteiger partial charge in [-0.05, 0) is 51.7 Å². The zero-order valence-corrected chi connectivity index (χ0v) is 15.4. The van der Waals surface area contributed by atoms with Gasteiger partial charge < -0.3 is 9.64 Å². The molecule has 0 radical (unpaired) electrons. The summed E-state index contributed by atoms with van der Waals surface area (Å²) in [5.74, 6) is -0.0420. The Kier molecular flexibility index (Phi) is 5.85. The Bertz CT molecular complexity index is 653. The van der Waals surface area contributed by atoms with E-state index in [2.05, 4.69) is 4.98 Å². The lowest BCUT2D eigenvalue weighted by Crippen LogP contribution is -2.44. The summed E-state index contributed by atoms with van der Waals surface area (Å²) in [6, 6.07) is 5.25. The van der Waals surface area contributed by atoms with E-state index in [4.69, 9.17) is 4.74 Å². The topological polar surface area (TPSA) is 76.6 Å². The maximum atomic E-state index is 12.4. The summed E-state index contributed by atoms with van der Waals surface area (Å²) in [4.78, 5) is 17.9. The summed E-state index contributed by atoms with van der Waals surface area (Å²) in [6.07, 6.45) is 2.83. The van der Waals surface area contributed by atoms with Gasteiger partial charge in [0.2, 0.25) is 0 Å². The van der Waals surface area contributed by atoms with Crippen molar-refractivity contribution < 1.29 is 17.9 Å². The van der Waals surface area contributed by atoms with Gasteiger partial charge in [-0.3, -0.25) is 4.98 Å². The van der Waals surface area contributed by atoms with Crippen LogP contribution in [0.15, 0.2) is 24.4 Å². The second kappa shape index (κ2) is 7.51. The minimum absolute atomic E-state index is 0.0556. The number of amides is 1. The number of aromatic nitrogens is 1. The van der Waals surface area contributed by atoms with Crippen LogP contribution in [0.2, 0.25) is 0 Å². The van der Waals surface area contributed by atoms with Crippen LogP contribution in [0.5, 0.6) is 0 Å². The number of rotatable bonds is 4. The van der Waals surface area contributed by atoms with Crippen molar-refractivity contribution in [3.05, 3.63) is 30.1 Å². The first-order valence-electron chi connectivity index (χ1n) is 8.23. The summed E-state index contributed by atoms with van der Waals surface area (Å²) >= 11 is 0. The summed E-state index contributed by atoms with van der Waals surface area (Å²) in [6.45, 7) is 6.51. The average molecular weight is 354 g/mol. The van der Waals surface area contributed by atoms with Gasteiger partial charge in [0, 0.05) is 19.3 Å². The van der Waals surface area contributed by atoms with E-state index >= 15 is 0 Å². The molecule has 0 bridgehead atoms. The minimum atomic E-state index is -3.26. The molecule has 1 saturated heterocycles. The lowest BCUT2D eigenvalue weighted by molar-refractivity contribution is 0.0176. The molecule has 2 rings (SSSR count). The highest BCUT2D eigenvalue weighted by atomic mass is 32.2. The molecular weight excluding hydrogens is 328 g/mol. The molecule has 1 atom stereocenters. The largest absolute Gasteiger partial charge is 0.444 e. The first kappa shape index (κ1) is 18.7. The molecule has 6 nitrogen and oxygen atoms in total. The predicted octanol–water partition coefficient (Wildman–Crippen LogP) is 2.64. The predicted molar refractivity (Wildman–Crippen MR) is 92.3 cm³/mol. The molecule has 2 heterocycles. The van der Waals surface area contributed by atoms with E-state index in [1.165, 1.54) is 0 Å². The third-order valence-corrected chi connectivity index (χ3v) is 5.47. The number of carbonyl (C=O) groups excluding carboxylic acids is 1. The number of ether oxygens (including phenoxy) is 1. The number of carbonyl (C=O) groups is 1. The van der Waals surface area contributed by atoms with E-state index in [9.17, 15) is 13.2 Å². The van der Waals surface area contributed by atoms with E-state index in [1.807, 2.05) is 20.8 Å². The quantitative estimate of drug-likeness (QED) is 0.831. The van der Waals surface area contributed by atoms with E-state index in [-0.39, 0.29) is 23.5 Å². The standard InChI is InChI=1S/C17H26N2O4S/c1-17(2,3)23-16(20)19-10-6-7-14(11-19)12-24(21,22)13-15-8-4-5-9-18-15/h4-5,8-9,14H,6-7,10-13H2,1-3H3. The fourth-order valence-corrected chi connectivity index (χ4v) is 4.55. The Hall–Kier alpha value is -1.63. The van der Waals surface area contributed by atoms with Crippen molar-refractivity contribution in [2.75, 3.05) is 18.8 Å². The van der Waals surface area contributed by atoms with Crippen LogP contribution in [-0.4, -0.2) is 48.8 Å². The molecule has 0 saturated carbocycles. The molecule has 1 aromatic heterocycles. The molecule has 0 aromatic carbocycles. The highest BCUT2D eigenvalue weighted by molar-refractivity contribution is 7.90. The molecule has 0 N–H and O–H groups in total. The van der Waals surface area contributed by atoms with E-state index in [0.717, 1.165) is 12.8 Å². The first-order valence-corrected chi connectivity index (χ1v) is 10.0. The minimum Gasteiger partial charge on any atom is -0.444 e. The summed E-state index contributed by atoms with van der Waals surface area (Å²) < 4.78 is 30.2. The van der Waals surface area contributed by atoms with Crippen molar-refractivity contribution in [2.24, 2.45) is 5.92 Å². The molecule has 1 aliphatic heterocycles. The van der Waals surface area contributed by atoms with E-state index in [0.29, 0.717) is 18.8 Å². The molecule has 1 aliphatic rings. The number of sulfone groups is 1. The number of likely N-dealkylation sites (tertiary alicyclic amines) is 1. The molecule has 1 fully saturated rings. The van der Waals surface area contributed by atoms with Crippen molar-refractivity contribution in [2.45, 2.75) is 45.0 Å². The van der Waals surface area contributed by atoms with Crippen LogP contribution in [0.3, 0.4) is 0 Å². The van der Waals surface area contributed by atoms with Gasteiger partial charge in [0.05, 0.1) is 17.2 Å². The summed E-state index contributed by atoms with van der Waals surface area (Å²) in [5, 5.41) is 0. The maximum Gasteiger partial charge on any atom is 0.410 e. The fourth-order valence-electron chi connectivity index (χ4n) is 2.82. The Morgan fingerprint density at radius 2 is 2.12 bits per heavy atom. The van der Waals surface area contributed by atoms with Gasteiger partial charge >= 0.3 is 6.09 Å². The second-order valence-electron chi connectivity index (χ2n) is 7.31. The van der Waals surface area contributed by atoms with Crippen LogP contribution in [0.4, 0.5) is 4.79 Å². The van der Waals surface area contributed by atoms with Crippen molar-refractivity contribution >= 4 is 15.9 Å². The third-order valence-electron chi connectivity index (χ3n) is 3.75. The molecular formula is C17H26N2O4S. The van der Waals surface area contributed by atoms with Gasteiger partial charge in [-0.15, -0.1) is 0 Å². The molecule has 0 aliphatic carbocycles. The van der Waals surface area contributed by atoms with E-state index in [1.54, 1.807) is 29.3 Å². The fraction of sp³-hybridized carbons (Fsp3) is 0.647. The summed E-state index contributed by atoms with van der Waals surface area (Å²) in [7, 11) is -3.26. The van der Waals surface area contributed by atoms with Gasteiger partial charge in [-0.2, -0.15) is 0 Å². The molecule has 7 heteroatoms. The molecule has 134 valence electrons. The Balaban J connectivity index is 1.93. The monoisotopic (exact) mass is 354 g/mol. The number of hydrogen-bond acceptors (Lipinski definition) is 5. The number of piperidine rings is 1. The number of pyridine rings is 1. The van der Waals surface area contributed by atoms with Crippen LogP contribution in [0, 0.1) is 5.92 Å². The van der Waals surface area contributed by atoms with Crippen molar-refractivity contribution in [1.29, 1.82) is 0 Å². The molecule has 0 spiro atoms. The Morgan fingerprint density at radius 3 is 2.75 bits per heavy atom. The normalized spacial score (nSPS) is 19.1. The van der Waals surface area contributed by atoms with Gasteiger partial charge in [0.25, 0.3) is 0 Å². The zero-order valence-electron chi connectivity index (χ0n) is 14.6. The first-order chi connectivity index (χ1) is 11.1. The lowest BCUT2D eigenvalue weighted by Gasteiger charge is -2.34. The maximum absolute atomic E-state index is 12.4. The van der Waals surface area contributed by atoms with Crippen molar-refractivity contribution in [1.82, 2.24) is 9.88 Å². The third kappa shape index (κ3) is 6.11. The van der Waals surface area contributed by atoms with Crippen molar-refractivity contribution in [3.63, 3.8) is 0 Å². The van der Waals surface area contributed by atoms with Gasteiger partial charge in [-0.25, -0.2) is 13.2 Å². The van der Waals surface area contributed by atoms with Crippen LogP contribution in [0.25, 0.3) is 0 Å². The van der Waals surface area contributed by atoms with Gasteiger partial charge in [0.1, 0.15) is 5.60 Å². The Labute approximate surface area is 144 Å². The van der Waals surface area contributed by atoms with Crippen molar-refractivity contribution in [3.8, 4) is 0 Å². The highest BCUT2D eigenvalue weighted by Gasteiger charge is 2.30. The van der Waals surface area contributed by atoms with Gasteiger partial charge in [-0.1, -0.05) is 6.07 Å². The van der Waals surface area contributed by atoms with E-state index < -0.39 is 15.4 Å². The summed E-state index contributed by atoms with van der Waals surface area (Å²) in [5.41, 5.74) is 0.00652. The van der Waals surface area contributed by atoms with Crippen LogP contribution >= 0.6 is 0 Å². The van der Waals surface area contributed by atoms with Crippen LogP contribution < -0.4 is 0 Å². The van der Waals surface area contributed by atoms with Crippen LogP contribution in [-0.2, 0) is 20.3 Å². The SMILES string of the molecule is CC(C)(C)OC(=O)N1CCCC(CS(=O)(=O)Cc2ccccn2)C1.